The van der Waals surface area contributed by atoms with Crippen molar-refractivity contribution in [2.24, 2.45) is 0 Å². The zero-order valence-corrected chi connectivity index (χ0v) is 15.5. The summed E-state index contributed by atoms with van der Waals surface area (Å²) >= 11 is 0. The van der Waals surface area contributed by atoms with Crippen molar-refractivity contribution in [3.63, 3.8) is 0 Å². The van der Waals surface area contributed by atoms with Gasteiger partial charge >= 0.3 is 0 Å². The SMILES string of the molecule is O=CC1OCC(c2cccc(N3CCOCC3)c2)N1c1ccc2[nH]cnc2c1. The van der Waals surface area contributed by atoms with Crippen LogP contribution in [0.1, 0.15) is 11.6 Å². The molecular formula is C21H22N4O3. The van der Waals surface area contributed by atoms with Crippen LogP contribution in [0.15, 0.2) is 48.8 Å². The number of aldehydes is 1. The van der Waals surface area contributed by atoms with Crippen molar-refractivity contribution in [3.05, 3.63) is 54.4 Å². The van der Waals surface area contributed by atoms with Gasteiger partial charge in [-0.25, -0.2) is 4.98 Å². The van der Waals surface area contributed by atoms with Gasteiger partial charge in [0.1, 0.15) is 0 Å². The fraction of sp³-hybridized carbons (Fsp3) is 0.333. The van der Waals surface area contributed by atoms with Crippen LogP contribution in [0, 0.1) is 0 Å². The minimum atomic E-state index is -0.603. The lowest BCUT2D eigenvalue weighted by atomic mass is 10.0. The highest BCUT2D eigenvalue weighted by Gasteiger charge is 2.35. The van der Waals surface area contributed by atoms with Crippen molar-refractivity contribution in [1.29, 1.82) is 0 Å². The minimum absolute atomic E-state index is 0.0346. The zero-order valence-electron chi connectivity index (χ0n) is 15.5. The van der Waals surface area contributed by atoms with Gasteiger partial charge in [-0.05, 0) is 35.9 Å². The van der Waals surface area contributed by atoms with Gasteiger partial charge in [0, 0.05) is 24.5 Å². The molecule has 0 saturated carbocycles. The van der Waals surface area contributed by atoms with Crippen LogP contribution in [0.4, 0.5) is 11.4 Å². The van der Waals surface area contributed by atoms with E-state index >= 15 is 0 Å². The molecule has 2 unspecified atom stereocenters. The quantitative estimate of drug-likeness (QED) is 0.704. The minimum Gasteiger partial charge on any atom is -0.378 e. The molecule has 0 amide bonds. The zero-order chi connectivity index (χ0) is 18.9. The summed E-state index contributed by atoms with van der Waals surface area (Å²) in [6.07, 6.45) is 1.93. The van der Waals surface area contributed by atoms with Gasteiger partial charge in [0.2, 0.25) is 0 Å². The van der Waals surface area contributed by atoms with Crippen molar-refractivity contribution in [1.82, 2.24) is 9.97 Å². The summed E-state index contributed by atoms with van der Waals surface area (Å²) in [5.41, 5.74) is 5.08. The third kappa shape index (κ3) is 3.02. The first-order valence-corrected chi connectivity index (χ1v) is 9.54. The number of benzene rings is 2. The molecule has 5 rings (SSSR count). The predicted octanol–water partition coefficient (Wildman–Crippen LogP) is 2.50. The summed E-state index contributed by atoms with van der Waals surface area (Å²) in [7, 11) is 0. The van der Waals surface area contributed by atoms with Crippen LogP contribution in [0.25, 0.3) is 11.0 Å². The molecule has 2 aromatic carbocycles. The number of aromatic nitrogens is 2. The van der Waals surface area contributed by atoms with Crippen LogP contribution >= 0.6 is 0 Å². The van der Waals surface area contributed by atoms with Gasteiger partial charge in [-0.2, -0.15) is 0 Å². The number of anilines is 2. The topological polar surface area (TPSA) is 70.7 Å². The number of ether oxygens (including phenoxy) is 2. The number of rotatable bonds is 4. The maximum atomic E-state index is 11.7. The molecule has 1 aromatic heterocycles. The van der Waals surface area contributed by atoms with E-state index in [0.29, 0.717) is 6.61 Å². The number of hydrogen-bond acceptors (Lipinski definition) is 6. The summed E-state index contributed by atoms with van der Waals surface area (Å²) in [4.78, 5) is 23.5. The summed E-state index contributed by atoms with van der Waals surface area (Å²) in [5, 5.41) is 0. The van der Waals surface area contributed by atoms with Crippen molar-refractivity contribution < 1.29 is 14.3 Å². The van der Waals surface area contributed by atoms with Crippen LogP contribution < -0.4 is 9.80 Å². The Kier molecular flexibility index (Phi) is 4.46. The maximum absolute atomic E-state index is 11.7. The molecule has 3 aromatic rings. The second-order valence-electron chi connectivity index (χ2n) is 7.08. The average molecular weight is 378 g/mol. The summed E-state index contributed by atoms with van der Waals surface area (Å²) < 4.78 is 11.3. The highest BCUT2D eigenvalue weighted by Crippen LogP contribution is 2.36. The predicted molar refractivity (Wildman–Crippen MR) is 107 cm³/mol. The second-order valence-corrected chi connectivity index (χ2v) is 7.08. The van der Waals surface area contributed by atoms with Gasteiger partial charge in [0.25, 0.3) is 0 Å². The molecule has 2 saturated heterocycles. The Morgan fingerprint density at radius 3 is 2.86 bits per heavy atom. The molecule has 28 heavy (non-hydrogen) atoms. The third-order valence-corrected chi connectivity index (χ3v) is 5.49. The Hall–Kier alpha value is -2.90. The van der Waals surface area contributed by atoms with Crippen LogP contribution in [0.3, 0.4) is 0 Å². The number of carbonyl (C=O) groups excluding carboxylic acids is 1. The van der Waals surface area contributed by atoms with E-state index in [4.69, 9.17) is 9.47 Å². The lowest BCUT2D eigenvalue weighted by Gasteiger charge is -2.31. The molecule has 144 valence electrons. The number of fused-ring (bicyclic) bond motifs is 1. The van der Waals surface area contributed by atoms with Crippen molar-refractivity contribution >= 4 is 28.7 Å². The first-order valence-electron chi connectivity index (χ1n) is 9.54. The molecule has 1 N–H and O–H groups in total. The van der Waals surface area contributed by atoms with Crippen molar-refractivity contribution in [3.8, 4) is 0 Å². The smallest absolute Gasteiger partial charge is 0.187 e. The van der Waals surface area contributed by atoms with Crippen LogP contribution in [0.5, 0.6) is 0 Å². The van der Waals surface area contributed by atoms with Gasteiger partial charge < -0.3 is 24.3 Å². The Morgan fingerprint density at radius 2 is 2.00 bits per heavy atom. The summed E-state index contributed by atoms with van der Waals surface area (Å²) in [6, 6.07) is 14.5. The number of morpholine rings is 1. The second kappa shape index (κ2) is 7.26. The van der Waals surface area contributed by atoms with Gasteiger partial charge in [0.15, 0.2) is 12.5 Å². The molecule has 7 nitrogen and oxygen atoms in total. The molecule has 0 spiro atoms. The molecule has 2 aliphatic rings. The third-order valence-electron chi connectivity index (χ3n) is 5.49. The largest absolute Gasteiger partial charge is 0.378 e. The molecule has 2 aliphatic heterocycles. The number of imidazole rings is 1. The van der Waals surface area contributed by atoms with E-state index < -0.39 is 6.23 Å². The molecule has 3 heterocycles. The monoisotopic (exact) mass is 378 g/mol. The normalized spacial score (nSPS) is 22.7. The lowest BCUT2D eigenvalue weighted by molar-refractivity contribution is -0.115. The van der Waals surface area contributed by atoms with E-state index in [1.165, 1.54) is 5.69 Å². The van der Waals surface area contributed by atoms with Gasteiger partial charge in [0.05, 0.1) is 43.2 Å². The first kappa shape index (κ1) is 17.2. The van der Waals surface area contributed by atoms with E-state index in [1.807, 2.05) is 23.1 Å². The molecule has 2 atom stereocenters. The fourth-order valence-corrected chi connectivity index (χ4v) is 4.05. The molecular weight excluding hydrogens is 356 g/mol. The van der Waals surface area contributed by atoms with E-state index in [-0.39, 0.29) is 6.04 Å². The highest BCUT2D eigenvalue weighted by atomic mass is 16.5. The van der Waals surface area contributed by atoms with Gasteiger partial charge in [-0.1, -0.05) is 12.1 Å². The molecule has 7 heteroatoms. The van der Waals surface area contributed by atoms with Crippen molar-refractivity contribution in [2.75, 3.05) is 42.7 Å². The summed E-state index contributed by atoms with van der Waals surface area (Å²) in [6.45, 7) is 3.75. The van der Waals surface area contributed by atoms with Crippen LogP contribution in [-0.2, 0) is 14.3 Å². The van der Waals surface area contributed by atoms with Gasteiger partial charge in [-0.15, -0.1) is 0 Å². The fourth-order valence-electron chi connectivity index (χ4n) is 4.05. The maximum Gasteiger partial charge on any atom is 0.187 e. The lowest BCUT2D eigenvalue weighted by Crippen LogP contribution is -2.36. The summed E-state index contributed by atoms with van der Waals surface area (Å²) in [5.74, 6) is 0. The number of nitrogens with zero attached hydrogens (tertiary/aromatic N) is 3. The van der Waals surface area contributed by atoms with Crippen molar-refractivity contribution in [2.45, 2.75) is 12.3 Å². The standard InChI is InChI=1S/C21H22N4O3/c26-12-21-25(17-4-5-18-19(11-17)23-14-22-18)20(13-28-21)15-2-1-3-16(10-15)24-6-8-27-9-7-24/h1-5,10-12,14,20-21H,6-9,13H2,(H,22,23). The van der Waals surface area contributed by atoms with E-state index in [1.54, 1.807) is 6.33 Å². The van der Waals surface area contributed by atoms with E-state index in [9.17, 15) is 4.79 Å². The molecule has 2 fully saturated rings. The van der Waals surface area contributed by atoms with Crippen LogP contribution in [0.2, 0.25) is 0 Å². The number of nitrogens with one attached hydrogen (secondary N) is 1. The number of hydrogen-bond donors (Lipinski definition) is 1. The van der Waals surface area contributed by atoms with Gasteiger partial charge in [-0.3, -0.25) is 4.79 Å². The first-order chi connectivity index (χ1) is 13.8. The Bertz CT molecular complexity index is 982. The average Bonchev–Trinajstić information content (AvgIpc) is 3.40. The number of carbonyl (C=O) groups is 1. The highest BCUT2D eigenvalue weighted by molar-refractivity contribution is 5.80. The molecule has 0 bridgehead atoms. The number of H-pyrrole nitrogens is 1. The van der Waals surface area contributed by atoms with E-state index in [0.717, 1.165) is 54.9 Å². The molecule has 0 aliphatic carbocycles. The van der Waals surface area contributed by atoms with Crippen LogP contribution in [-0.4, -0.2) is 55.4 Å². The van der Waals surface area contributed by atoms with E-state index in [2.05, 4.69) is 39.1 Å². The molecule has 0 radical (unpaired) electrons. The Balaban J connectivity index is 1.50. The number of aromatic amines is 1. The Morgan fingerprint density at radius 1 is 1.11 bits per heavy atom. The Labute approximate surface area is 162 Å².